The zero-order valence-electron chi connectivity index (χ0n) is 10.5. The van der Waals surface area contributed by atoms with E-state index in [4.69, 9.17) is 16.3 Å². The number of ether oxygens (including phenoxy) is 1. The number of methoxy groups -OCH3 is 1. The van der Waals surface area contributed by atoms with Crippen LogP contribution >= 0.6 is 11.6 Å². The normalized spacial score (nSPS) is 9.28. The van der Waals surface area contributed by atoms with E-state index in [1.165, 1.54) is 0 Å². The average Bonchev–Trinajstić information content (AvgIpc) is 2.35. The van der Waals surface area contributed by atoms with Crippen LogP contribution in [0.3, 0.4) is 0 Å². The van der Waals surface area contributed by atoms with Crippen molar-refractivity contribution < 1.29 is 9.53 Å². The van der Waals surface area contributed by atoms with Gasteiger partial charge in [-0.3, -0.25) is 4.79 Å². The van der Waals surface area contributed by atoms with Gasteiger partial charge in [-0.15, -0.1) is 11.8 Å². The summed E-state index contributed by atoms with van der Waals surface area (Å²) in [6.45, 7) is 1.79. The van der Waals surface area contributed by atoms with Crippen LogP contribution in [0.1, 0.15) is 26.2 Å². The third-order valence-electron chi connectivity index (χ3n) is 2.32. The summed E-state index contributed by atoms with van der Waals surface area (Å²) >= 11 is 5.88. The summed E-state index contributed by atoms with van der Waals surface area (Å²) in [4.78, 5) is 11.7. The highest BCUT2D eigenvalue weighted by Crippen LogP contribution is 2.27. The Bertz CT molecular complexity index is 474. The van der Waals surface area contributed by atoms with E-state index in [9.17, 15) is 4.79 Å². The van der Waals surface area contributed by atoms with E-state index in [1.54, 1.807) is 32.2 Å². The fourth-order valence-corrected chi connectivity index (χ4v) is 1.63. The van der Waals surface area contributed by atoms with Gasteiger partial charge < -0.3 is 10.1 Å². The van der Waals surface area contributed by atoms with E-state index in [0.29, 0.717) is 22.9 Å². The Hall–Kier alpha value is -1.66. The number of anilines is 1. The molecule has 0 spiro atoms. The number of unbranched alkanes of at least 4 members (excludes halogenated alkanes) is 1. The van der Waals surface area contributed by atoms with Crippen molar-refractivity contribution in [2.45, 2.75) is 26.2 Å². The second-order valence-electron chi connectivity index (χ2n) is 3.67. The van der Waals surface area contributed by atoms with Gasteiger partial charge in [0.25, 0.3) is 0 Å². The molecule has 0 unspecified atom stereocenters. The molecule has 0 fully saturated rings. The van der Waals surface area contributed by atoms with E-state index < -0.39 is 0 Å². The van der Waals surface area contributed by atoms with E-state index in [1.807, 2.05) is 0 Å². The zero-order chi connectivity index (χ0) is 13.4. The summed E-state index contributed by atoms with van der Waals surface area (Å²) in [6, 6.07) is 5.11. The van der Waals surface area contributed by atoms with Crippen LogP contribution in [0.15, 0.2) is 18.2 Å². The van der Waals surface area contributed by atoms with Crippen molar-refractivity contribution in [1.29, 1.82) is 0 Å². The van der Waals surface area contributed by atoms with Crippen LogP contribution in [0.5, 0.6) is 5.75 Å². The number of halogens is 1. The number of carbonyl (C=O) groups is 1. The third kappa shape index (κ3) is 4.68. The monoisotopic (exact) mass is 265 g/mol. The van der Waals surface area contributed by atoms with Crippen LogP contribution in [0.2, 0.25) is 5.02 Å². The first kappa shape index (κ1) is 14.4. The van der Waals surface area contributed by atoms with Crippen LogP contribution < -0.4 is 10.1 Å². The maximum atomic E-state index is 11.7. The molecule has 1 amide bonds. The van der Waals surface area contributed by atoms with Crippen molar-refractivity contribution in [2.75, 3.05) is 12.4 Å². The molecule has 0 aliphatic carbocycles. The molecular weight excluding hydrogens is 250 g/mol. The summed E-state index contributed by atoms with van der Waals surface area (Å²) in [7, 11) is 1.55. The number of carbonyl (C=O) groups excluding carboxylic acids is 1. The van der Waals surface area contributed by atoms with Gasteiger partial charge in [0.2, 0.25) is 5.91 Å². The standard InChI is InChI=1S/C14H16ClNO2/c1-3-4-5-6-7-14(17)16-12-10-11(15)8-9-13(12)18-2/h8-10H,5-7H2,1-2H3,(H,16,17). The van der Waals surface area contributed by atoms with Gasteiger partial charge in [0.1, 0.15) is 5.75 Å². The van der Waals surface area contributed by atoms with Gasteiger partial charge in [0.05, 0.1) is 12.8 Å². The van der Waals surface area contributed by atoms with E-state index in [0.717, 1.165) is 12.8 Å². The predicted molar refractivity (Wildman–Crippen MR) is 73.9 cm³/mol. The van der Waals surface area contributed by atoms with Crippen molar-refractivity contribution in [3.8, 4) is 17.6 Å². The van der Waals surface area contributed by atoms with Crippen molar-refractivity contribution >= 4 is 23.2 Å². The molecule has 0 saturated heterocycles. The molecule has 0 aliphatic heterocycles. The minimum atomic E-state index is -0.0616. The largest absolute Gasteiger partial charge is 0.495 e. The summed E-state index contributed by atoms with van der Waals surface area (Å²) in [6.07, 6.45) is 1.91. The quantitative estimate of drug-likeness (QED) is 0.654. The molecule has 1 rings (SSSR count). The highest BCUT2D eigenvalue weighted by molar-refractivity contribution is 6.31. The zero-order valence-corrected chi connectivity index (χ0v) is 11.3. The SMILES string of the molecule is CC#CCCCC(=O)Nc1cc(Cl)ccc1OC. The third-order valence-corrected chi connectivity index (χ3v) is 2.55. The lowest BCUT2D eigenvalue weighted by Crippen LogP contribution is -2.11. The molecule has 0 heterocycles. The Morgan fingerprint density at radius 2 is 2.28 bits per heavy atom. The van der Waals surface area contributed by atoms with Crippen molar-refractivity contribution in [2.24, 2.45) is 0 Å². The lowest BCUT2D eigenvalue weighted by molar-refractivity contribution is -0.116. The number of rotatable bonds is 5. The van der Waals surface area contributed by atoms with Gasteiger partial charge in [-0.25, -0.2) is 0 Å². The Labute approximate surface area is 112 Å². The van der Waals surface area contributed by atoms with Crippen LogP contribution in [-0.4, -0.2) is 13.0 Å². The Morgan fingerprint density at radius 1 is 1.50 bits per heavy atom. The highest BCUT2D eigenvalue weighted by Gasteiger charge is 2.07. The van der Waals surface area contributed by atoms with Crippen molar-refractivity contribution in [3.63, 3.8) is 0 Å². The minimum absolute atomic E-state index is 0.0616. The van der Waals surface area contributed by atoms with E-state index >= 15 is 0 Å². The summed E-state index contributed by atoms with van der Waals surface area (Å²) < 4.78 is 5.15. The first-order chi connectivity index (χ1) is 8.67. The fourth-order valence-electron chi connectivity index (χ4n) is 1.45. The molecule has 18 heavy (non-hydrogen) atoms. The Balaban J connectivity index is 2.57. The molecule has 4 heteroatoms. The maximum absolute atomic E-state index is 11.7. The first-order valence-corrected chi connectivity index (χ1v) is 6.08. The molecule has 0 aliphatic rings. The molecule has 0 radical (unpaired) electrons. The van der Waals surface area contributed by atoms with Gasteiger partial charge >= 0.3 is 0 Å². The topological polar surface area (TPSA) is 38.3 Å². The van der Waals surface area contributed by atoms with Crippen molar-refractivity contribution in [3.05, 3.63) is 23.2 Å². The van der Waals surface area contributed by atoms with Gasteiger partial charge in [-0.2, -0.15) is 0 Å². The van der Waals surface area contributed by atoms with Gasteiger partial charge in [0, 0.05) is 17.9 Å². The number of benzene rings is 1. The molecule has 1 N–H and O–H groups in total. The van der Waals surface area contributed by atoms with Crippen LogP contribution in [0, 0.1) is 11.8 Å². The maximum Gasteiger partial charge on any atom is 0.224 e. The molecule has 1 aromatic carbocycles. The van der Waals surface area contributed by atoms with Crippen LogP contribution in [0.25, 0.3) is 0 Å². The number of hydrogen-bond donors (Lipinski definition) is 1. The Morgan fingerprint density at radius 3 is 2.94 bits per heavy atom. The second-order valence-corrected chi connectivity index (χ2v) is 4.11. The fraction of sp³-hybridized carbons (Fsp3) is 0.357. The molecule has 0 bridgehead atoms. The molecule has 0 saturated carbocycles. The minimum Gasteiger partial charge on any atom is -0.495 e. The average molecular weight is 266 g/mol. The number of hydrogen-bond acceptors (Lipinski definition) is 2. The molecule has 1 aromatic rings. The van der Waals surface area contributed by atoms with Gasteiger partial charge in [-0.1, -0.05) is 11.6 Å². The highest BCUT2D eigenvalue weighted by atomic mass is 35.5. The van der Waals surface area contributed by atoms with E-state index in [2.05, 4.69) is 17.2 Å². The number of amides is 1. The molecular formula is C14H16ClNO2. The van der Waals surface area contributed by atoms with Gasteiger partial charge in [0.15, 0.2) is 0 Å². The molecule has 3 nitrogen and oxygen atoms in total. The lowest BCUT2D eigenvalue weighted by atomic mass is 10.2. The smallest absolute Gasteiger partial charge is 0.224 e. The first-order valence-electron chi connectivity index (χ1n) is 5.70. The van der Waals surface area contributed by atoms with Crippen LogP contribution in [0.4, 0.5) is 5.69 Å². The number of nitrogens with one attached hydrogen (secondary N) is 1. The lowest BCUT2D eigenvalue weighted by Gasteiger charge is -2.10. The Kier molecular flexibility index (Phi) is 6.10. The van der Waals surface area contributed by atoms with E-state index in [-0.39, 0.29) is 5.91 Å². The molecule has 96 valence electrons. The summed E-state index contributed by atoms with van der Waals surface area (Å²) in [5.74, 6) is 6.26. The molecule has 0 aromatic heterocycles. The van der Waals surface area contributed by atoms with Crippen LogP contribution in [-0.2, 0) is 4.79 Å². The predicted octanol–water partition coefficient (Wildman–Crippen LogP) is 3.48. The molecule has 0 atom stereocenters. The summed E-state index contributed by atoms with van der Waals surface area (Å²) in [5, 5.41) is 3.34. The summed E-state index contributed by atoms with van der Waals surface area (Å²) in [5.41, 5.74) is 0.594. The second kappa shape index (κ2) is 7.62. The van der Waals surface area contributed by atoms with Crippen molar-refractivity contribution in [1.82, 2.24) is 0 Å². The van der Waals surface area contributed by atoms with Gasteiger partial charge in [-0.05, 0) is 31.5 Å².